The minimum atomic E-state index is -0.718. The molecule has 2 heterocycles. The summed E-state index contributed by atoms with van der Waals surface area (Å²) < 4.78 is 42.3. The zero-order chi connectivity index (χ0) is 26.1. The van der Waals surface area contributed by atoms with Crippen LogP contribution in [0.4, 0.5) is 9.18 Å². The van der Waals surface area contributed by atoms with Gasteiger partial charge in [-0.1, -0.05) is 0 Å². The molecule has 1 aromatic carbocycles. The first kappa shape index (κ1) is 27.4. The van der Waals surface area contributed by atoms with Crippen LogP contribution in [0.2, 0.25) is 0 Å². The second-order valence-electron chi connectivity index (χ2n) is 8.83. The van der Waals surface area contributed by atoms with Crippen LogP contribution in [0.25, 0.3) is 0 Å². The number of ether oxygens (including phenoxy) is 5. The molecule has 0 aliphatic carbocycles. The number of hydroxylamine groups is 2. The fourth-order valence-electron chi connectivity index (χ4n) is 3.36. The van der Waals surface area contributed by atoms with Crippen molar-refractivity contribution in [3.05, 3.63) is 35.9 Å². The van der Waals surface area contributed by atoms with Gasteiger partial charge in [0.05, 0.1) is 24.4 Å². The predicted molar refractivity (Wildman–Crippen MR) is 128 cm³/mol. The van der Waals surface area contributed by atoms with Gasteiger partial charge in [-0.05, 0) is 46.8 Å². The van der Waals surface area contributed by atoms with E-state index in [0.29, 0.717) is 56.3 Å². The molecular formula is C25H34FN3O7. The van der Waals surface area contributed by atoms with Crippen molar-refractivity contribution in [3.63, 3.8) is 0 Å². The molecule has 2 aromatic rings. The molecule has 3 rings (SSSR count). The summed E-state index contributed by atoms with van der Waals surface area (Å²) in [7, 11) is 0. The number of halogens is 1. The van der Waals surface area contributed by atoms with Gasteiger partial charge in [0.15, 0.2) is 11.6 Å². The normalized spacial score (nSPS) is 14.7. The van der Waals surface area contributed by atoms with Gasteiger partial charge in [0.1, 0.15) is 24.8 Å². The molecule has 198 valence electrons. The summed E-state index contributed by atoms with van der Waals surface area (Å²) in [6, 6.07) is 4.36. The third-order valence-corrected chi connectivity index (χ3v) is 5.12. The van der Waals surface area contributed by atoms with Crippen LogP contribution < -0.4 is 14.2 Å². The van der Waals surface area contributed by atoms with E-state index in [1.165, 1.54) is 18.5 Å². The van der Waals surface area contributed by atoms with E-state index in [4.69, 9.17) is 28.5 Å². The molecule has 0 atom stereocenters. The lowest BCUT2D eigenvalue weighted by molar-refractivity contribution is -0.151. The van der Waals surface area contributed by atoms with Crippen molar-refractivity contribution in [1.82, 2.24) is 15.0 Å². The summed E-state index contributed by atoms with van der Waals surface area (Å²) in [5, 5.41) is 1.56. The predicted octanol–water partition coefficient (Wildman–Crippen LogP) is 4.84. The minimum absolute atomic E-state index is 0.00673. The molecule has 1 saturated heterocycles. The molecule has 0 spiro atoms. The molecule has 0 unspecified atom stereocenters. The molecule has 1 aliphatic heterocycles. The first-order valence-electron chi connectivity index (χ1n) is 12.0. The first-order valence-corrected chi connectivity index (χ1v) is 12.0. The number of nitrogens with zero attached hydrogens (tertiary/aromatic N) is 3. The van der Waals surface area contributed by atoms with Gasteiger partial charge in [0.2, 0.25) is 11.8 Å². The third-order valence-electron chi connectivity index (χ3n) is 5.12. The van der Waals surface area contributed by atoms with Gasteiger partial charge < -0.3 is 28.5 Å². The number of carbonyl (C=O) groups excluding carboxylic acids is 1. The molecule has 0 amide bonds. The lowest BCUT2D eigenvalue weighted by Gasteiger charge is -2.30. The van der Waals surface area contributed by atoms with Crippen LogP contribution in [0.5, 0.6) is 23.3 Å². The summed E-state index contributed by atoms with van der Waals surface area (Å²) in [4.78, 5) is 25.2. The first-order chi connectivity index (χ1) is 17.2. The van der Waals surface area contributed by atoms with Crippen LogP contribution in [0.15, 0.2) is 24.5 Å². The number of hydrogen-bond donors (Lipinski definition) is 0. The van der Waals surface area contributed by atoms with E-state index >= 15 is 0 Å². The summed E-state index contributed by atoms with van der Waals surface area (Å²) in [6.45, 7) is 10.8. The topological polar surface area (TPSA) is 101 Å². The van der Waals surface area contributed by atoms with Gasteiger partial charge in [-0.3, -0.25) is 0 Å². The highest BCUT2D eigenvalue weighted by Gasteiger charge is 2.25. The number of piperidine rings is 1. The number of benzene rings is 1. The Hall–Kier alpha value is -3.18. The van der Waals surface area contributed by atoms with Crippen LogP contribution in [-0.4, -0.2) is 65.8 Å². The average molecular weight is 508 g/mol. The maximum atomic E-state index is 14.6. The van der Waals surface area contributed by atoms with Crippen LogP contribution in [0.1, 0.15) is 46.1 Å². The Labute approximate surface area is 210 Å². The lowest BCUT2D eigenvalue weighted by atomic mass is 10.1. The number of aromatic nitrogens is 2. The SMILES string of the molecule is Cc1c(Oc2ccc(OCCOC(C)C)cc2F)ncnc1OC1CCN(OC(=O)OC(C)C)CC1. The summed E-state index contributed by atoms with van der Waals surface area (Å²) in [6.07, 6.45) is 1.55. The van der Waals surface area contributed by atoms with E-state index in [1.807, 2.05) is 13.8 Å². The average Bonchev–Trinajstić information content (AvgIpc) is 2.81. The quantitative estimate of drug-likeness (QED) is 0.310. The minimum Gasteiger partial charge on any atom is -0.491 e. The van der Waals surface area contributed by atoms with E-state index in [9.17, 15) is 9.18 Å². The van der Waals surface area contributed by atoms with Crippen LogP contribution in [0.3, 0.4) is 0 Å². The Morgan fingerprint density at radius 2 is 1.81 bits per heavy atom. The molecule has 0 N–H and O–H groups in total. The highest BCUT2D eigenvalue weighted by molar-refractivity contribution is 5.59. The van der Waals surface area contributed by atoms with E-state index in [1.54, 1.807) is 31.9 Å². The highest BCUT2D eigenvalue weighted by Crippen LogP contribution is 2.31. The van der Waals surface area contributed by atoms with Crippen molar-refractivity contribution in [1.29, 1.82) is 0 Å². The number of hydrogen-bond acceptors (Lipinski definition) is 10. The third kappa shape index (κ3) is 8.49. The van der Waals surface area contributed by atoms with Gasteiger partial charge >= 0.3 is 6.16 Å². The van der Waals surface area contributed by atoms with Gasteiger partial charge in [-0.25, -0.2) is 19.2 Å². The smallest absolute Gasteiger partial charge is 0.491 e. The van der Waals surface area contributed by atoms with Crippen LogP contribution >= 0.6 is 0 Å². The van der Waals surface area contributed by atoms with E-state index in [0.717, 1.165) is 0 Å². The molecule has 1 aliphatic rings. The van der Waals surface area contributed by atoms with Crippen molar-refractivity contribution in [2.75, 3.05) is 26.3 Å². The van der Waals surface area contributed by atoms with Crippen LogP contribution in [-0.2, 0) is 14.3 Å². The Bertz CT molecular complexity index is 998. The Kier molecular flexibility index (Phi) is 10.1. The molecule has 1 aromatic heterocycles. The highest BCUT2D eigenvalue weighted by atomic mass is 19.1. The van der Waals surface area contributed by atoms with Gasteiger partial charge in [-0.15, -0.1) is 5.06 Å². The fourth-order valence-corrected chi connectivity index (χ4v) is 3.36. The lowest BCUT2D eigenvalue weighted by Crippen LogP contribution is -2.40. The van der Waals surface area contributed by atoms with Crippen molar-refractivity contribution in [2.45, 2.75) is 65.8 Å². The maximum absolute atomic E-state index is 14.6. The summed E-state index contributed by atoms with van der Waals surface area (Å²) >= 11 is 0. The second kappa shape index (κ2) is 13.2. The molecular weight excluding hydrogens is 473 g/mol. The Morgan fingerprint density at radius 1 is 1.08 bits per heavy atom. The van der Waals surface area contributed by atoms with Crippen LogP contribution in [0, 0.1) is 12.7 Å². The van der Waals surface area contributed by atoms with E-state index < -0.39 is 12.0 Å². The van der Waals surface area contributed by atoms with Gasteiger partial charge in [0, 0.05) is 32.0 Å². The molecule has 11 heteroatoms. The van der Waals surface area contributed by atoms with Crippen molar-refractivity contribution >= 4 is 6.16 Å². The van der Waals surface area contributed by atoms with Crippen molar-refractivity contribution in [2.24, 2.45) is 0 Å². The fraction of sp³-hybridized carbons (Fsp3) is 0.560. The van der Waals surface area contributed by atoms with Crippen molar-refractivity contribution in [3.8, 4) is 23.3 Å². The molecule has 10 nitrogen and oxygen atoms in total. The molecule has 0 bridgehead atoms. The standard InChI is InChI=1S/C25H34FN3O7/c1-16(2)31-12-13-32-20-6-7-22(21(26)14-20)35-24-18(5)23(27-15-28-24)34-19-8-10-29(11-9-19)36-25(30)33-17(3)4/h6-7,14-17,19H,8-13H2,1-5H3. The van der Waals surface area contributed by atoms with Crippen molar-refractivity contribution < 1.29 is 37.7 Å². The second-order valence-corrected chi connectivity index (χ2v) is 8.83. The summed E-state index contributed by atoms with van der Waals surface area (Å²) in [5.41, 5.74) is 0.544. The zero-order valence-corrected chi connectivity index (χ0v) is 21.4. The Balaban J connectivity index is 1.53. The molecule has 1 fully saturated rings. The van der Waals surface area contributed by atoms with Gasteiger partial charge in [-0.2, -0.15) is 0 Å². The largest absolute Gasteiger partial charge is 0.528 e. The molecule has 0 saturated carbocycles. The van der Waals surface area contributed by atoms with E-state index in [-0.39, 0.29) is 29.9 Å². The molecule has 0 radical (unpaired) electrons. The summed E-state index contributed by atoms with van der Waals surface area (Å²) in [5.74, 6) is 0.344. The zero-order valence-electron chi connectivity index (χ0n) is 21.4. The molecule has 36 heavy (non-hydrogen) atoms. The monoisotopic (exact) mass is 507 g/mol. The van der Waals surface area contributed by atoms with E-state index in [2.05, 4.69) is 9.97 Å². The number of carbonyl (C=O) groups is 1. The van der Waals surface area contributed by atoms with Gasteiger partial charge in [0.25, 0.3) is 0 Å². The maximum Gasteiger partial charge on any atom is 0.528 e. The number of rotatable bonds is 11. The Morgan fingerprint density at radius 3 is 2.47 bits per heavy atom.